The molecule has 1 aliphatic rings. The number of likely N-dealkylation sites (tertiary alicyclic amines) is 1. The van der Waals surface area contributed by atoms with E-state index in [0.29, 0.717) is 32.0 Å². The molecule has 9 heteroatoms. The van der Waals surface area contributed by atoms with Gasteiger partial charge in [-0.15, -0.1) is 0 Å². The van der Waals surface area contributed by atoms with Crippen LogP contribution >= 0.6 is 0 Å². The number of aliphatic imine (C=N–C) groups is 1. The SMILES string of the molecule is CN=C(NCc1ccon1)NC1CCN(CC(F)(F)F)C1. The van der Waals surface area contributed by atoms with Crippen LogP contribution in [-0.4, -0.2) is 54.9 Å². The fourth-order valence-corrected chi connectivity index (χ4v) is 2.24. The lowest BCUT2D eigenvalue weighted by atomic mass is 10.3. The first-order valence-electron chi connectivity index (χ1n) is 6.62. The van der Waals surface area contributed by atoms with Crippen LogP contribution in [0.2, 0.25) is 0 Å². The summed E-state index contributed by atoms with van der Waals surface area (Å²) >= 11 is 0. The molecular formula is C12H18F3N5O. The first-order valence-corrected chi connectivity index (χ1v) is 6.62. The fraction of sp³-hybridized carbons (Fsp3) is 0.667. The Hall–Kier alpha value is -1.77. The van der Waals surface area contributed by atoms with Gasteiger partial charge >= 0.3 is 6.18 Å². The highest BCUT2D eigenvalue weighted by molar-refractivity contribution is 5.79. The van der Waals surface area contributed by atoms with E-state index < -0.39 is 12.7 Å². The van der Waals surface area contributed by atoms with Crippen molar-refractivity contribution in [3.05, 3.63) is 18.0 Å². The number of nitrogens with zero attached hydrogens (tertiary/aromatic N) is 3. The maximum absolute atomic E-state index is 12.3. The van der Waals surface area contributed by atoms with Crippen LogP contribution in [0.3, 0.4) is 0 Å². The fourth-order valence-electron chi connectivity index (χ4n) is 2.24. The van der Waals surface area contributed by atoms with Gasteiger partial charge in [-0.1, -0.05) is 5.16 Å². The molecule has 0 amide bonds. The third-order valence-corrected chi connectivity index (χ3v) is 3.17. The zero-order chi connectivity index (χ0) is 15.3. The monoisotopic (exact) mass is 305 g/mol. The van der Waals surface area contributed by atoms with Crippen LogP contribution in [0.15, 0.2) is 21.8 Å². The smallest absolute Gasteiger partial charge is 0.364 e. The molecule has 0 saturated carbocycles. The molecule has 118 valence electrons. The third-order valence-electron chi connectivity index (χ3n) is 3.17. The lowest BCUT2D eigenvalue weighted by Crippen LogP contribution is -2.44. The number of aromatic nitrogens is 1. The summed E-state index contributed by atoms with van der Waals surface area (Å²) in [6, 6.07) is 1.68. The molecule has 0 bridgehead atoms. The Kier molecular flexibility index (Phi) is 5.05. The predicted octanol–water partition coefficient (Wildman–Crippen LogP) is 0.976. The second kappa shape index (κ2) is 6.79. The van der Waals surface area contributed by atoms with Crippen molar-refractivity contribution >= 4 is 5.96 Å². The molecule has 0 aliphatic carbocycles. The molecular weight excluding hydrogens is 287 g/mol. The van der Waals surface area contributed by atoms with E-state index in [2.05, 4.69) is 20.8 Å². The molecule has 2 heterocycles. The van der Waals surface area contributed by atoms with E-state index in [1.165, 1.54) is 11.2 Å². The predicted molar refractivity (Wildman–Crippen MR) is 70.7 cm³/mol. The minimum Gasteiger partial charge on any atom is -0.364 e. The van der Waals surface area contributed by atoms with E-state index in [-0.39, 0.29) is 6.04 Å². The van der Waals surface area contributed by atoms with Crippen molar-refractivity contribution in [1.29, 1.82) is 0 Å². The van der Waals surface area contributed by atoms with Crippen molar-refractivity contribution in [2.45, 2.75) is 25.2 Å². The highest BCUT2D eigenvalue weighted by Gasteiger charge is 2.34. The summed E-state index contributed by atoms with van der Waals surface area (Å²) in [5.74, 6) is 0.539. The van der Waals surface area contributed by atoms with Gasteiger partial charge in [0, 0.05) is 32.2 Å². The molecule has 0 spiro atoms. The van der Waals surface area contributed by atoms with Crippen LogP contribution in [0.5, 0.6) is 0 Å². The zero-order valence-corrected chi connectivity index (χ0v) is 11.7. The molecule has 21 heavy (non-hydrogen) atoms. The summed E-state index contributed by atoms with van der Waals surface area (Å²) in [4.78, 5) is 5.44. The van der Waals surface area contributed by atoms with Crippen molar-refractivity contribution < 1.29 is 17.7 Å². The zero-order valence-electron chi connectivity index (χ0n) is 11.7. The number of rotatable bonds is 4. The molecule has 2 rings (SSSR count). The van der Waals surface area contributed by atoms with Gasteiger partial charge in [-0.25, -0.2) is 0 Å². The van der Waals surface area contributed by atoms with E-state index >= 15 is 0 Å². The second-order valence-corrected chi connectivity index (χ2v) is 4.90. The van der Waals surface area contributed by atoms with Gasteiger partial charge in [0.05, 0.1) is 13.1 Å². The van der Waals surface area contributed by atoms with Crippen LogP contribution in [0.1, 0.15) is 12.1 Å². The van der Waals surface area contributed by atoms with Gasteiger partial charge < -0.3 is 15.2 Å². The summed E-state index contributed by atoms with van der Waals surface area (Å²) in [5.41, 5.74) is 0.725. The van der Waals surface area contributed by atoms with Crippen molar-refractivity contribution in [2.75, 3.05) is 26.7 Å². The van der Waals surface area contributed by atoms with Gasteiger partial charge in [-0.2, -0.15) is 13.2 Å². The minimum absolute atomic E-state index is 0.0455. The highest BCUT2D eigenvalue weighted by Crippen LogP contribution is 2.19. The van der Waals surface area contributed by atoms with Gasteiger partial charge in [-0.05, 0) is 6.42 Å². The number of hydrogen-bond donors (Lipinski definition) is 2. The molecule has 1 atom stereocenters. The van der Waals surface area contributed by atoms with E-state index in [1.54, 1.807) is 13.1 Å². The molecule has 1 saturated heterocycles. The van der Waals surface area contributed by atoms with Crippen LogP contribution in [0.25, 0.3) is 0 Å². The van der Waals surface area contributed by atoms with Crippen LogP contribution < -0.4 is 10.6 Å². The lowest BCUT2D eigenvalue weighted by Gasteiger charge is -2.19. The standard InChI is InChI=1S/C12H18F3N5O/c1-16-11(17-6-9-3-5-21-19-9)18-10-2-4-20(7-10)8-12(13,14)15/h3,5,10H,2,4,6-8H2,1H3,(H2,16,17,18). The topological polar surface area (TPSA) is 65.7 Å². The van der Waals surface area contributed by atoms with E-state index in [9.17, 15) is 13.2 Å². The summed E-state index contributed by atoms with van der Waals surface area (Å²) in [6.45, 7) is 0.354. The number of nitrogens with one attached hydrogen (secondary N) is 2. The summed E-state index contributed by atoms with van der Waals surface area (Å²) in [6.07, 6.45) is -2.03. The van der Waals surface area contributed by atoms with Crippen LogP contribution in [-0.2, 0) is 6.54 Å². The molecule has 2 N–H and O–H groups in total. The Morgan fingerprint density at radius 1 is 1.57 bits per heavy atom. The van der Waals surface area contributed by atoms with Gasteiger partial charge in [0.2, 0.25) is 0 Å². The second-order valence-electron chi connectivity index (χ2n) is 4.90. The molecule has 1 aromatic heterocycles. The third kappa shape index (κ3) is 5.25. The van der Waals surface area contributed by atoms with Crippen molar-refractivity contribution in [3.63, 3.8) is 0 Å². The van der Waals surface area contributed by atoms with Crippen LogP contribution in [0, 0.1) is 0 Å². The number of alkyl halides is 3. The van der Waals surface area contributed by atoms with Gasteiger partial charge in [0.1, 0.15) is 12.0 Å². The molecule has 1 aromatic rings. The lowest BCUT2D eigenvalue weighted by molar-refractivity contribution is -0.143. The molecule has 0 aromatic carbocycles. The Morgan fingerprint density at radius 3 is 3.00 bits per heavy atom. The molecule has 1 fully saturated rings. The van der Waals surface area contributed by atoms with Gasteiger partial charge in [0.25, 0.3) is 0 Å². The maximum Gasteiger partial charge on any atom is 0.401 e. The maximum atomic E-state index is 12.3. The first-order chi connectivity index (χ1) is 9.96. The number of halogens is 3. The molecule has 1 aliphatic heterocycles. The number of hydrogen-bond acceptors (Lipinski definition) is 4. The highest BCUT2D eigenvalue weighted by atomic mass is 19.4. The Bertz CT molecular complexity index is 460. The summed E-state index contributed by atoms with van der Waals surface area (Å²) < 4.78 is 41.7. The number of guanidine groups is 1. The largest absolute Gasteiger partial charge is 0.401 e. The van der Waals surface area contributed by atoms with Crippen molar-refractivity contribution in [3.8, 4) is 0 Å². The normalized spacial score (nSPS) is 20.8. The minimum atomic E-state index is -4.15. The Labute approximate surface area is 120 Å². The average Bonchev–Trinajstić information content (AvgIpc) is 3.04. The first kappa shape index (κ1) is 15.6. The van der Waals surface area contributed by atoms with Crippen LogP contribution in [0.4, 0.5) is 13.2 Å². The quantitative estimate of drug-likeness (QED) is 0.641. The molecule has 6 nitrogen and oxygen atoms in total. The van der Waals surface area contributed by atoms with Gasteiger partial charge in [0.15, 0.2) is 5.96 Å². The molecule has 0 radical (unpaired) electrons. The molecule has 1 unspecified atom stereocenters. The Morgan fingerprint density at radius 2 is 2.38 bits per heavy atom. The van der Waals surface area contributed by atoms with E-state index in [0.717, 1.165) is 5.69 Å². The Balaban J connectivity index is 1.75. The summed E-state index contributed by atoms with van der Waals surface area (Å²) in [5, 5.41) is 9.91. The van der Waals surface area contributed by atoms with Crippen molar-refractivity contribution in [2.24, 2.45) is 4.99 Å². The van der Waals surface area contributed by atoms with E-state index in [1.807, 2.05) is 0 Å². The van der Waals surface area contributed by atoms with Crippen molar-refractivity contribution in [1.82, 2.24) is 20.7 Å². The average molecular weight is 305 g/mol. The summed E-state index contributed by atoms with van der Waals surface area (Å²) in [7, 11) is 1.61. The van der Waals surface area contributed by atoms with E-state index in [4.69, 9.17) is 4.52 Å². The van der Waals surface area contributed by atoms with Gasteiger partial charge in [-0.3, -0.25) is 9.89 Å².